The van der Waals surface area contributed by atoms with Gasteiger partial charge in [-0.05, 0) is 6.42 Å². The molecule has 0 aromatic heterocycles. The molecule has 0 radical (unpaired) electrons. The van der Waals surface area contributed by atoms with Crippen LogP contribution < -0.4 is 11.5 Å². The largest absolute Gasteiger partial charge is 0.329 e. The smallest absolute Gasteiger partial charge is 0.0163 e. The van der Waals surface area contributed by atoms with Gasteiger partial charge in [-0.15, -0.1) is 0 Å². The van der Waals surface area contributed by atoms with Gasteiger partial charge in [-0.25, -0.2) is 0 Å². The van der Waals surface area contributed by atoms with Crippen molar-refractivity contribution in [3.05, 3.63) is 0 Å². The Bertz CT molecular complexity index is 104. The molecule has 0 spiro atoms. The molecule has 86 valence electrons. The SMILES string of the molecule is CCCCCCCCCC[C@@H](N)CN. The zero-order chi connectivity index (χ0) is 10.6. The number of unbranched alkanes of at least 4 members (excludes halogenated alkanes) is 7. The van der Waals surface area contributed by atoms with Crippen LogP contribution in [0.1, 0.15) is 64.7 Å². The Morgan fingerprint density at radius 2 is 1.36 bits per heavy atom. The van der Waals surface area contributed by atoms with Crippen molar-refractivity contribution in [3.8, 4) is 0 Å². The fourth-order valence-corrected chi connectivity index (χ4v) is 1.66. The van der Waals surface area contributed by atoms with Crippen LogP contribution in [-0.4, -0.2) is 12.6 Å². The van der Waals surface area contributed by atoms with E-state index in [1.807, 2.05) is 0 Å². The Kier molecular flexibility index (Phi) is 10.9. The molecule has 0 saturated carbocycles. The molecule has 0 heterocycles. The van der Waals surface area contributed by atoms with Gasteiger partial charge >= 0.3 is 0 Å². The first-order chi connectivity index (χ1) is 6.81. The van der Waals surface area contributed by atoms with Gasteiger partial charge in [0.15, 0.2) is 0 Å². The second kappa shape index (κ2) is 11.0. The monoisotopic (exact) mass is 200 g/mol. The highest BCUT2D eigenvalue weighted by atomic mass is 14.7. The van der Waals surface area contributed by atoms with Crippen LogP contribution in [-0.2, 0) is 0 Å². The molecule has 0 rings (SSSR count). The van der Waals surface area contributed by atoms with E-state index < -0.39 is 0 Å². The topological polar surface area (TPSA) is 52.0 Å². The van der Waals surface area contributed by atoms with Gasteiger partial charge in [0.1, 0.15) is 0 Å². The van der Waals surface area contributed by atoms with Crippen LogP contribution in [0.4, 0.5) is 0 Å². The fourth-order valence-electron chi connectivity index (χ4n) is 1.66. The van der Waals surface area contributed by atoms with Crippen molar-refractivity contribution in [2.24, 2.45) is 11.5 Å². The van der Waals surface area contributed by atoms with Gasteiger partial charge in [0.25, 0.3) is 0 Å². The summed E-state index contributed by atoms with van der Waals surface area (Å²) in [7, 11) is 0. The summed E-state index contributed by atoms with van der Waals surface area (Å²) in [6, 6.07) is 0.232. The number of rotatable bonds is 10. The summed E-state index contributed by atoms with van der Waals surface area (Å²) in [5, 5.41) is 0. The predicted molar refractivity (Wildman–Crippen MR) is 64.3 cm³/mol. The molecule has 0 aliphatic rings. The van der Waals surface area contributed by atoms with Crippen molar-refractivity contribution in [1.29, 1.82) is 0 Å². The van der Waals surface area contributed by atoms with Crippen LogP contribution in [0.3, 0.4) is 0 Å². The van der Waals surface area contributed by atoms with Gasteiger partial charge in [-0.1, -0.05) is 58.3 Å². The Morgan fingerprint density at radius 3 is 1.86 bits per heavy atom. The summed E-state index contributed by atoms with van der Waals surface area (Å²) in [4.78, 5) is 0. The summed E-state index contributed by atoms with van der Waals surface area (Å²) >= 11 is 0. The van der Waals surface area contributed by atoms with Crippen LogP contribution in [0.15, 0.2) is 0 Å². The molecule has 1 atom stereocenters. The van der Waals surface area contributed by atoms with Crippen molar-refractivity contribution < 1.29 is 0 Å². The molecule has 14 heavy (non-hydrogen) atoms. The van der Waals surface area contributed by atoms with Crippen molar-refractivity contribution >= 4 is 0 Å². The summed E-state index contributed by atoms with van der Waals surface area (Å²) in [5.41, 5.74) is 11.2. The van der Waals surface area contributed by atoms with E-state index in [0.717, 1.165) is 6.42 Å². The second-order valence-electron chi connectivity index (χ2n) is 4.26. The number of nitrogens with two attached hydrogens (primary N) is 2. The number of hydrogen-bond donors (Lipinski definition) is 2. The van der Waals surface area contributed by atoms with E-state index in [0.29, 0.717) is 6.54 Å². The first-order valence-electron chi connectivity index (χ1n) is 6.27. The second-order valence-corrected chi connectivity index (χ2v) is 4.26. The third-order valence-corrected chi connectivity index (χ3v) is 2.73. The molecule has 0 aromatic rings. The molecule has 4 N–H and O–H groups in total. The molecule has 0 fully saturated rings. The Balaban J connectivity index is 2.92. The molecule has 0 aromatic carbocycles. The third-order valence-electron chi connectivity index (χ3n) is 2.73. The Morgan fingerprint density at radius 1 is 0.857 bits per heavy atom. The zero-order valence-corrected chi connectivity index (χ0v) is 9.80. The Hall–Kier alpha value is -0.0800. The molecule has 0 unspecified atom stereocenters. The highest BCUT2D eigenvalue weighted by Gasteiger charge is 1.98. The standard InChI is InChI=1S/C12H28N2/c1-2-3-4-5-6-7-8-9-10-12(14)11-13/h12H,2-11,13-14H2,1H3/t12-/m1/s1. The molecule has 0 aliphatic heterocycles. The normalized spacial score (nSPS) is 13.1. The summed E-state index contributed by atoms with van der Waals surface area (Å²) in [6.07, 6.45) is 12.0. The van der Waals surface area contributed by atoms with Crippen LogP contribution in [0.25, 0.3) is 0 Å². The molecule has 2 heteroatoms. The zero-order valence-electron chi connectivity index (χ0n) is 9.80. The van der Waals surface area contributed by atoms with E-state index >= 15 is 0 Å². The summed E-state index contributed by atoms with van der Waals surface area (Å²) in [6.45, 7) is 2.89. The lowest BCUT2D eigenvalue weighted by Crippen LogP contribution is -2.29. The first kappa shape index (κ1) is 13.9. The summed E-state index contributed by atoms with van der Waals surface area (Å²) in [5.74, 6) is 0. The maximum absolute atomic E-state index is 5.73. The van der Waals surface area contributed by atoms with Gasteiger partial charge in [-0.2, -0.15) is 0 Å². The maximum Gasteiger partial charge on any atom is 0.0163 e. The van der Waals surface area contributed by atoms with Crippen LogP contribution >= 0.6 is 0 Å². The fraction of sp³-hybridized carbons (Fsp3) is 1.00. The first-order valence-corrected chi connectivity index (χ1v) is 6.27. The van der Waals surface area contributed by atoms with Gasteiger partial charge < -0.3 is 11.5 Å². The summed E-state index contributed by atoms with van der Waals surface area (Å²) < 4.78 is 0. The van der Waals surface area contributed by atoms with Gasteiger partial charge in [0.2, 0.25) is 0 Å². The molecule has 0 saturated heterocycles. The van der Waals surface area contributed by atoms with Crippen molar-refractivity contribution in [2.45, 2.75) is 70.8 Å². The van der Waals surface area contributed by atoms with E-state index in [1.165, 1.54) is 51.4 Å². The van der Waals surface area contributed by atoms with Gasteiger partial charge in [0.05, 0.1) is 0 Å². The van der Waals surface area contributed by atoms with Crippen molar-refractivity contribution in [2.75, 3.05) is 6.54 Å². The van der Waals surface area contributed by atoms with E-state index in [1.54, 1.807) is 0 Å². The quantitative estimate of drug-likeness (QED) is 0.533. The van der Waals surface area contributed by atoms with Crippen LogP contribution in [0, 0.1) is 0 Å². The molecular weight excluding hydrogens is 172 g/mol. The minimum atomic E-state index is 0.232. The third kappa shape index (κ3) is 10.0. The Labute approximate surface area is 89.4 Å². The lowest BCUT2D eigenvalue weighted by molar-refractivity contribution is 0.530. The number of hydrogen-bond acceptors (Lipinski definition) is 2. The predicted octanol–water partition coefficient (Wildman–Crippen LogP) is 2.80. The average molecular weight is 200 g/mol. The molecule has 0 aliphatic carbocycles. The molecule has 2 nitrogen and oxygen atoms in total. The van der Waals surface area contributed by atoms with E-state index in [2.05, 4.69) is 6.92 Å². The highest BCUT2D eigenvalue weighted by Crippen LogP contribution is 2.09. The van der Waals surface area contributed by atoms with Crippen molar-refractivity contribution in [1.82, 2.24) is 0 Å². The van der Waals surface area contributed by atoms with E-state index in [9.17, 15) is 0 Å². The lowest BCUT2D eigenvalue weighted by Gasteiger charge is -2.07. The molecule has 0 bridgehead atoms. The van der Waals surface area contributed by atoms with Gasteiger partial charge in [0, 0.05) is 12.6 Å². The molecular formula is C12H28N2. The van der Waals surface area contributed by atoms with Crippen molar-refractivity contribution in [3.63, 3.8) is 0 Å². The molecule has 0 amide bonds. The van der Waals surface area contributed by atoms with E-state index in [-0.39, 0.29) is 6.04 Å². The van der Waals surface area contributed by atoms with E-state index in [4.69, 9.17) is 11.5 Å². The maximum atomic E-state index is 5.73. The minimum Gasteiger partial charge on any atom is -0.329 e. The van der Waals surface area contributed by atoms with Gasteiger partial charge in [-0.3, -0.25) is 0 Å². The minimum absolute atomic E-state index is 0.232. The highest BCUT2D eigenvalue weighted by molar-refractivity contribution is 4.60. The van der Waals surface area contributed by atoms with Crippen LogP contribution in [0.5, 0.6) is 0 Å². The average Bonchev–Trinajstić information content (AvgIpc) is 2.21. The lowest BCUT2D eigenvalue weighted by atomic mass is 10.1. The van der Waals surface area contributed by atoms with Crippen LogP contribution in [0.2, 0.25) is 0 Å².